The van der Waals surface area contributed by atoms with Crippen LogP contribution in [0.1, 0.15) is 20.9 Å². The molecule has 0 atom stereocenters. The van der Waals surface area contributed by atoms with Gasteiger partial charge in [0.25, 0.3) is 0 Å². The number of carboxylic acid groups (broad SMARTS) is 1. The van der Waals surface area contributed by atoms with Crippen LogP contribution in [0.25, 0.3) is 0 Å². The highest BCUT2D eigenvalue weighted by molar-refractivity contribution is 7.09. The zero-order chi connectivity index (χ0) is 11.5. The van der Waals surface area contributed by atoms with E-state index in [9.17, 15) is 9.18 Å². The van der Waals surface area contributed by atoms with Crippen molar-refractivity contribution in [2.75, 3.05) is 0 Å². The maximum absolute atomic E-state index is 13.0. The zero-order valence-electron chi connectivity index (χ0n) is 8.18. The molecule has 0 unspecified atom stereocenters. The van der Waals surface area contributed by atoms with Gasteiger partial charge < -0.3 is 5.11 Å². The van der Waals surface area contributed by atoms with Gasteiger partial charge in [-0.15, -0.1) is 11.3 Å². The van der Waals surface area contributed by atoms with E-state index >= 15 is 0 Å². The summed E-state index contributed by atoms with van der Waals surface area (Å²) >= 11 is 1.42. The minimum atomic E-state index is -1.05. The van der Waals surface area contributed by atoms with Gasteiger partial charge in [-0.1, -0.05) is 0 Å². The minimum Gasteiger partial charge on any atom is -0.478 e. The van der Waals surface area contributed by atoms with Gasteiger partial charge in [-0.3, -0.25) is 0 Å². The summed E-state index contributed by atoms with van der Waals surface area (Å²) in [6.45, 7) is 0. The van der Waals surface area contributed by atoms with Crippen LogP contribution in [0.4, 0.5) is 4.39 Å². The van der Waals surface area contributed by atoms with Crippen molar-refractivity contribution < 1.29 is 14.3 Å². The van der Waals surface area contributed by atoms with Crippen molar-refractivity contribution in [2.45, 2.75) is 6.42 Å². The zero-order valence-corrected chi connectivity index (χ0v) is 9.00. The maximum Gasteiger partial charge on any atom is 0.335 e. The van der Waals surface area contributed by atoms with Crippen molar-refractivity contribution in [1.29, 1.82) is 0 Å². The highest BCUT2D eigenvalue weighted by Gasteiger charge is 2.12. The van der Waals surface area contributed by atoms with Crippen LogP contribution in [0.2, 0.25) is 0 Å². The summed E-state index contributed by atoms with van der Waals surface area (Å²) in [5.74, 6) is -1.48. The monoisotopic (exact) mass is 237 g/mol. The number of carboxylic acids is 1. The number of rotatable bonds is 3. The van der Waals surface area contributed by atoms with Crippen molar-refractivity contribution in [3.63, 3.8) is 0 Å². The Morgan fingerprint density at radius 3 is 2.94 bits per heavy atom. The first-order chi connectivity index (χ1) is 7.66. The largest absolute Gasteiger partial charge is 0.478 e. The molecule has 2 rings (SSSR count). The molecule has 16 heavy (non-hydrogen) atoms. The van der Waals surface area contributed by atoms with Gasteiger partial charge in [-0.2, -0.15) is 0 Å². The molecule has 1 aromatic carbocycles. The predicted octanol–water partition coefficient (Wildman–Crippen LogP) is 2.57. The van der Waals surface area contributed by atoms with E-state index < -0.39 is 11.8 Å². The van der Waals surface area contributed by atoms with Crippen LogP contribution < -0.4 is 0 Å². The molecule has 0 aliphatic heterocycles. The van der Waals surface area contributed by atoms with Crippen molar-refractivity contribution in [1.82, 2.24) is 4.98 Å². The minimum absolute atomic E-state index is 0.122. The Hall–Kier alpha value is -1.75. The molecule has 2 aromatic rings. The predicted molar refractivity (Wildman–Crippen MR) is 58.3 cm³/mol. The second kappa shape index (κ2) is 4.40. The van der Waals surface area contributed by atoms with Gasteiger partial charge in [-0.05, 0) is 23.8 Å². The first-order valence-corrected chi connectivity index (χ1v) is 5.45. The summed E-state index contributed by atoms with van der Waals surface area (Å²) in [5.41, 5.74) is 0.569. The van der Waals surface area contributed by atoms with Crippen LogP contribution in [0.15, 0.2) is 29.8 Å². The fraction of sp³-hybridized carbons (Fsp3) is 0.0909. The molecular weight excluding hydrogens is 229 g/mol. The Balaban J connectivity index is 2.38. The number of hydrogen-bond donors (Lipinski definition) is 1. The number of hydrogen-bond acceptors (Lipinski definition) is 3. The van der Waals surface area contributed by atoms with Crippen LogP contribution in [-0.4, -0.2) is 16.1 Å². The summed E-state index contributed by atoms with van der Waals surface area (Å²) in [5, 5.41) is 11.5. The van der Waals surface area contributed by atoms with Crippen molar-refractivity contribution in [2.24, 2.45) is 0 Å². The Morgan fingerprint density at radius 1 is 1.50 bits per heavy atom. The lowest BCUT2D eigenvalue weighted by atomic mass is 10.0. The Labute approximate surface area is 95.2 Å². The fourth-order valence-corrected chi connectivity index (χ4v) is 2.06. The third-order valence-corrected chi connectivity index (χ3v) is 2.90. The van der Waals surface area contributed by atoms with Crippen molar-refractivity contribution >= 4 is 17.3 Å². The molecule has 0 saturated heterocycles. The number of aromatic nitrogens is 1. The van der Waals surface area contributed by atoms with Gasteiger partial charge in [0.1, 0.15) is 5.82 Å². The topological polar surface area (TPSA) is 50.2 Å². The van der Waals surface area contributed by atoms with Crippen LogP contribution in [0, 0.1) is 5.82 Å². The molecule has 82 valence electrons. The molecule has 0 fully saturated rings. The second-order valence-corrected chi connectivity index (χ2v) is 4.19. The molecule has 5 heteroatoms. The molecule has 1 aromatic heterocycles. The van der Waals surface area contributed by atoms with Crippen LogP contribution in [0.5, 0.6) is 0 Å². The molecule has 0 amide bonds. The van der Waals surface area contributed by atoms with E-state index in [4.69, 9.17) is 5.11 Å². The van der Waals surface area contributed by atoms with Crippen LogP contribution in [-0.2, 0) is 6.42 Å². The standard InChI is InChI=1S/C11H8FNO2S/c12-8-1-2-9(11(14)15)7(5-8)6-10-13-3-4-16-10/h1-5H,6H2,(H,14,15). The van der Waals surface area contributed by atoms with E-state index in [2.05, 4.69) is 4.98 Å². The molecule has 3 nitrogen and oxygen atoms in total. The summed E-state index contributed by atoms with van der Waals surface area (Å²) in [7, 11) is 0. The Bertz CT molecular complexity index is 511. The molecule has 0 spiro atoms. The highest BCUT2D eigenvalue weighted by Crippen LogP contribution is 2.17. The average molecular weight is 237 g/mol. The molecule has 1 heterocycles. The number of halogens is 1. The molecule has 0 aliphatic carbocycles. The summed E-state index contributed by atoms with van der Waals surface area (Å²) < 4.78 is 13.0. The Morgan fingerprint density at radius 2 is 2.31 bits per heavy atom. The van der Waals surface area contributed by atoms with E-state index in [0.717, 1.165) is 11.1 Å². The van der Waals surface area contributed by atoms with E-state index in [1.807, 2.05) is 0 Å². The SMILES string of the molecule is O=C(O)c1ccc(F)cc1Cc1nccs1. The third kappa shape index (κ3) is 2.25. The van der Waals surface area contributed by atoms with E-state index in [1.165, 1.54) is 23.5 Å². The number of thiazole rings is 1. The van der Waals surface area contributed by atoms with Crippen molar-refractivity contribution in [3.8, 4) is 0 Å². The number of nitrogens with zero attached hydrogens (tertiary/aromatic N) is 1. The third-order valence-electron chi connectivity index (χ3n) is 2.12. The lowest BCUT2D eigenvalue weighted by Gasteiger charge is -2.03. The van der Waals surface area contributed by atoms with Gasteiger partial charge >= 0.3 is 5.97 Å². The van der Waals surface area contributed by atoms with Crippen LogP contribution in [0.3, 0.4) is 0 Å². The van der Waals surface area contributed by atoms with Crippen molar-refractivity contribution in [3.05, 3.63) is 51.7 Å². The van der Waals surface area contributed by atoms with Crippen LogP contribution >= 0.6 is 11.3 Å². The summed E-state index contributed by atoms with van der Waals surface area (Å²) in [6.07, 6.45) is 1.98. The highest BCUT2D eigenvalue weighted by atomic mass is 32.1. The molecule has 0 bridgehead atoms. The normalized spacial score (nSPS) is 10.3. The molecular formula is C11H8FNO2S. The van der Waals surface area contributed by atoms with E-state index in [-0.39, 0.29) is 5.56 Å². The maximum atomic E-state index is 13.0. The average Bonchev–Trinajstić information content (AvgIpc) is 2.70. The van der Waals surface area contributed by atoms with Gasteiger partial charge in [0.15, 0.2) is 0 Å². The molecule has 0 aliphatic rings. The first kappa shape index (κ1) is 10.8. The molecule has 1 N–H and O–H groups in total. The fourth-order valence-electron chi connectivity index (χ4n) is 1.42. The second-order valence-electron chi connectivity index (χ2n) is 3.21. The number of aromatic carboxylic acids is 1. The first-order valence-electron chi connectivity index (χ1n) is 4.57. The van der Waals surface area contributed by atoms with Gasteiger partial charge in [0, 0.05) is 18.0 Å². The van der Waals surface area contributed by atoms with Gasteiger partial charge in [0.2, 0.25) is 0 Å². The molecule has 0 radical (unpaired) electrons. The lowest BCUT2D eigenvalue weighted by molar-refractivity contribution is 0.0696. The molecule has 0 saturated carbocycles. The van der Waals surface area contributed by atoms with Gasteiger partial charge in [0.05, 0.1) is 10.6 Å². The quantitative estimate of drug-likeness (QED) is 0.892. The number of carbonyl (C=O) groups is 1. The van der Waals surface area contributed by atoms with Gasteiger partial charge in [-0.25, -0.2) is 14.2 Å². The van der Waals surface area contributed by atoms with E-state index in [1.54, 1.807) is 11.6 Å². The Kier molecular flexibility index (Phi) is 2.96. The lowest BCUT2D eigenvalue weighted by Crippen LogP contribution is -2.03. The van der Waals surface area contributed by atoms with E-state index in [0.29, 0.717) is 12.0 Å². The summed E-state index contributed by atoms with van der Waals surface area (Å²) in [6, 6.07) is 3.67. The smallest absolute Gasteiger partial charge is 0.335 e. The summed E-state index contributed by atoms with van der Waals surface area (Å²) in [4.78, 5) is 15.0. The number of benzene rings is 1.